The first-order valence-electron chi connectivity index (χ1n) is 18.1. The minimum Gasteiger partial charge on any atom is -0.480 e. The maximum absolute atomic E-state index is 12.6. The van der Waals surface area contributed by atoms with Crippen LogP contribution in [0.1, 0.15) is 149 Å². The van der Waals surface area contributed by atoms with Crippen molar-refractivity contribution in [3.63, 3.8) is 0 Å². The second kappa shape index (κ2) is 33.4. The molecular weight excluding hydrogens is 576 g/mol. The number of carboxylic acid groups (broad SMARTS) is 1. The predicted molar refractivity (Wildman–Crippen MR) is 193 cm³/mol. The standard InChI is InChI=1S/C39H66N2O5/c1-3-5-7-9-11-13-14-15-16-17-19-20-22-24-29-35(46-38(43)33-25-23-21-18-12-10-8-6-4-2)30-26-27-32-37(42)41-36(39(44)45)31-28-34-40/h5,7,11,13,15-16,19-20,24,29,35-36H,3-4,6,8-10,12,14,17-18,21-23,25-28,30-34,40H2,1-2H3,(H,41,42)(H,44,45)/b7-5-,13-11-,16-15-,20-19-,29-24-. The van der Waals surface area contributed by atoms with Crippen LogP contribution in [-0.4, -0.2) is 41.6 Å². The fourth-order valence-electron chi connectivity index (χ4n) is 4.86. The summed E-state index contributed by atoms with van der Waals surface area (Å²) in [5, 5.41) is 11.9. The van der Waals surface area contributed by atoms with E-state index in [4.69, 9.17) is 10.5 Å². The molecule has 0 bridgehead atoms. The highest BCUT2D eigenvalue weighted by Crippen LogP contribution is 2.14. The number of esters is 1. The van der Waals surface area contributed by atoms with Crippen LogP contribution < -0.4 is 11.1 Å². The van der Waals surface area contributed by atoms with Crippen LogP contribution in [0.25, 0.3) is 0 Å². The minimum atomic E-state index is -1.04. The number of carbonyl (C=O) groups is 3. The van der Waals surface area contributed by atoms with Crippen LogP contribution >= 0.6 is 0 Å². The fourth-order valence-corrected chi connectivity index (χ4v) is 4.86. The number of hydrogen-bond acceptors (Lipinski definition) is 5. The topological polar surface area (TPSA) is 119 Å². The number of carbonyl (C=O) groups excluding carboxylic acids is 2. The summed E-state index contributed by atoms with van der Waals surface area (Å²) in [6.45, 7) is 4.75. The second-order valence-corrected chi connectivity index (χ2v) is 11.9. The number of ether oxygens (including phenoxy) is 1. The van der Waals surface area contributed by atoms with Gasteiger partial charge in [0.2, 0.25) is 5.91 Å². The van der Waals surface area contributed by atoms with Crippen molar-refractivity contribution in [1.29, 1.82) is 0 Å². The number of rotatable bonds is 31. The van der Waals surface area contributed by atoms with Crippen LogP contribution in [0, 0.1) is 0 Å². The molecule has 7 nitrogen and oxygen atoms in total. The molecule has 4 N–H and O–H groups in total. The molecule has 0 fully saturated rings. The third kappa shape index (κ3) is 29.8. The van der Waals surface area contributed by atoms with Gasteiger partial charge in [0.15, 0.2) is 0 Å². The molecule has 2 unspecified atom stereocenters. The highest BCUT2D eigenvalue weighted by molar-refractivity contribution is 5.83. The summed E-state index contributed by atoms with van der Waals surface area (Å²) in [4.78, 5) is 36.3. The monoisotopic (exact) mass is 642 g/mol. The van der Waals surface area contributed by atoms with Gasteiger partial charge in [-0.25, -0.2) is 4.79 Å². The number of amides is 1. The lowest BCUT2D eigenvalue weighted by atomic mass is 10.1. The van der Waals surface area contributed by atoms with E-state index in [1.807, 2.05) is 12.2 Å². The summed E-state index contributed by atoms with van der Waals surface area (Å²) in [7, 11) is 0. The first kappa shape index (κ1) is 43.1. The summed E-state index contributed by atoms with van der Waals surface area (Å²) in [5.41, 5.74) is 5.48. The molecular formula is C39H66N2O5. The van der Waals surface area contributed by atoms with E-state index in [0.717, 1.165) is 51.4 Å². The SMILES string of the molecule is CC/C=C\C/C=C\C/C=C\C/C=C\C/C=C\C(CCCCC(=O)NC(CCCN)C(=O)O)OC(=O)CCCCCCCCCCC. The van der Waals surface area contributed by atoms with Crippen LogP contribution in [0.4, 0.5) is 0 Å². The molecule has 0 aromatic carbocycles. The number of nitrogens with two attached hydrogens (primary N) is 1. The lowest BCUT2D eigenvalue weighted by molar-refractivity contribution is -0.147. The molecule has 0 heterocycles. The van der Waals surface area contributed by atoms with Crippen molar-refractivity contribution in [2.75, 3.05) is 6.54 Å². The van der Waals surface area contributed by atoms with Gasteiger partial charge in [-0.05, 0) is 83.2 Å². The van der Waals surface area contributed by atoms with Gasteiger partial charge in [0.1, 0.15) is 12.1 Å². The quantitative estimate of drug-likeness (QED) is 0.0394. The molecule has 0 radical (unpaired) electrons. The molecule has 262 valence electrons. The van der Waals surface area contributed by atoms with Crippen LogP contribution in [-0.2, 0) is 19.1 Å². The van der Waals surface area contributed by atoms with Crippen LogP contribution in [0.2, 0.25) is 0 Å². The molecule has 2 atom stereocenters. The minimum absolute atomic E-state index is 0.171. The third-order valence-electron chi connectivity index (χ3n) is 7.58. The maximum Gasteiger partial charge on any atom is 0.326 e. The first-order valence-corrected chi connectivity index (χ1v) is 18.1. The number of nitrogens with one attached hydrogen (secondary N) is 1. The first-order chi connectivity index (χ1) is 22.4. The average Bonchev–Trinajstić information content (AvgIpc) is 3.04. The molecule has 0 rings (SSSR count). The van der Waals surface area contributed by atoms with Gasteiger partial charge in [-0.1, -0.05) is 120 Å². The Labute approximate surface area is 280 Å². The molecule has 0 aromatic rings. The summed E-state index contributed by atoms with van der Waals surface area (Å²) in [5.74, 6) is -1.49. The van der Waals surface area contributed by atoms with Gasteiger partial charge in [-0.3, -0.25) is 9.59 Å². The van der Waals surface area contributed by atoms with Crippen molar-refractivity contribution in [2.24, 2.45) is 5.73 Å². The average molecular weight is 643 g/mol. The van der Waals surface area contributed by atoms with E-state index in [0.29, 0.717) is 45.1 Å². The Morgan fingerprint density at radius 2 is 1.17 bits per heavy atom. The van der Waals surface area contributed by atoms with Crippen molar-refractivity contribution in [1.82, 2.24) is 5.32 Å². The molecule has 0 aliphatic rings. The van der Waals surface area contributed by atoms with E-state index < -0.39 is 12.0 Å². The molecule has 46 heavy (non-hydrogen) atoms. The number of carboxylic acids is 1. The second-order valence-electron chi connectivity index (χ2n) is 11.9. The van der Waals surface area contributed by atoms with Gasteiger partial charge in [0, 0.05) is 12.8 Å². The van der Waals surface area contributed by atoms with Gasteiger partial charge in [-0.2, -0.15) is 0 Å². The van der Waals surface area contributed by atoms with Gasteiger partial charge in [0.25, 0.3) is 0 Å². The lowest BCUT2D eigenvalue weighted by Crippen LogP contribution is -2.40. The van der Waals surface area contributed by atoms with Crippen molar-refractivity contribution in [2.45, 2.75) is 161 Å². The number of aliphatic carboxylic acids is 1. The number of allylic oxidation sites excluding steroid dienone is 9. The summed E-state index contributed by atoms with van der Waals surface area (Å²) < 4.78 is 5.82. The Morgan fingerprint density at radius 1 is 0.652 bits per heavy atom. The van der Waals surface area contributed by atoms with Crippen LogP contribution in [0.3, 0.4) is 0 Å². The van der Waals surface area contributed by atoms with Crippen LogP contribution in [0.5, 0.6) is 0 Å². The van der Waals surface area contributed by atoms with E-state index in [9.17, 15) is 19.5 Å². The predicted octanol–water partition coefficient (Wildman–Crippen LogP) is 9.44. The van der Waals surface area contributed by atoms with E-state index in [-0.39, 0.29) is 24.4 Å². The van der Waals surface area contributed by atoms with Gasteiger partial charge in [0.05, 0.1) is 0 Å². The van der Waals surface area contributed by atoms with Crippen molar-refractivity contribution < 1.29 is 24.2 Å². The van der Waals surface area contributed by atoms with E-state index >= 15 is 0 Å². The highest BCUT2D eigenvalue weighted by atomic mass is 16.5. The number of unbranched alkanes of at least 4 members (excludes halogenated alkanes) is 9. The number of hydrogen-bond donors (Lipinski definition) is 3. The summed E-state index contributed by atoms with van der Waals surface area (Å²) >= 11 is 0. The highest BCUT2D eigenvalue weighted by Gasteiger charge is 2.19. The zero-order chi connectivity index (χ0) is 33.9. The Kier molecular flexibility index (Phi) is 31.3. The normalized spacial score (nSPS) is 13.5. The summed E-state index contributed by atoms with van der Waals surface area (Å²) in [6, 6.07) is -0.910. The Balaban J connectivity index is 4.64. The Bertz CT molecular complexity index is 906. The van der Waals surface area contributed by atoms with Gasteiger partial charge in [-0.15, -0.1) is 0 Å². The lowest BCUT2D eigenvalue weighted by Gasteiger charge is -2.16. The third-order valence-corrected chi connectivity index (χ3v) is 7.58. The molecule has 1 amide bonds. The van der Waals surface area contributed by atoms with E-state index in [1.54, 1.807) is 0 Å². The molecule has 0 aromatic heterocycles. The maximum atomic E-state index is 12.6. The van der Waals surface area contributed by atoms with Gasteiger partial charge >= 0.3 is 11.9 Å². The van der Waals surface area contributed by atoms with E-state index in [2.05, 4.69) is 67.8 Å². The molecule has 0 saturated carbocycles. The Morgan fingerprint density at radius 3 is 1.72 bits per heavy atom. The summed E-state index contributed by atoms with van der Waals surface area (Å²) in [6.07, 6.45) is 39.8. The van der Waals surface area contributed by atoms with Gasteiger partial charge < -0.3 is 20.9 Å². The van der Waals surface area contributed by atoms with Crippen molar-refractivity contribution >= 4 is 17.8 Å². The molecule has 7 heteroatoms. The molecule has 0 saturated heterocycles. The zero-order valence-corrected chi connectivity index (χ0v) is 29.1. The van der Waals surface area contributed by atoms with Crippen molar-refractivity contribution in [3.05, 3.63) is 60.8 Å². The van der Waals surface area contributed by atoms with Crippen molar-refractivity contribution in [3.8, 4) is 0 Å². The Hall–Kier alpha value is -2.93. The van der Waals surface area contributed by atoms with E-state index in [1.165, 1.54) is 38.5 Å². The fraction of sp³-hybridized carbons (Fsp3) is 0.667. The van der Waals surface area contributed by atoms with Crippen LogP contribution in [0.15, 0.2) is 60.8 Å². The smallest absolute Gasteiger partial charge is 0.326 e. The zero-order valence-electron chi connectivity index (χ0n) is 29.1. The largest absolute Gasteiger partial charge is 0.480 e. The molecule has 0 aliphatic heterocycles. The molecule has 0 spiro atoms. The molecule has 0 aliphatic carbocycles.